The van der Waals surface area contributed by atoms with Crippen LogP contribution in [0.5, 0.6) is 11.5 Å². The third-order valence-corrected chi connectivity index (χ3v) is 4.56. The second kappa shape index (κ2) is 7.02. The maximum Gasteiger partial charge on any atom is 0.123 e. The summed E-state index contributed by atoms with van der Waals surface area (Å²) in [7, 11) is 3.35. The number of hydrogen-bond acceptors (Lipinski definition) is 4. The Labute approximate surface area is 137 Å². The number of aliphatic hydroxyl groups is 1. The molecular formula is C19H23NO3. The molecule has 1 unspecified atom stereocenters. The van der Waals surface area contributed by atoms with Crippen LogP contribution in [-0.2, 0) is 13.0 Å². The molecule has 0 aromatic heterocycles. The summed E-state index contributed by atoms with van der Waals surface area (Å²) in [4.78, 5) is 2.31. The van der Waals surface area contributed by atoms with Crippen LogP contribution in [0.15, 0.2) is 42.5 Å². The number of ether oxygens (including phenoxy) is 2. The molecule has 0 saturated heterocycles. The third-order valence-electron chi connectivity index (χ3n) is 4.56. The van der Waals surface area contributed by atoms with Gasteiger partial charge in [0.25, 0.3) is 0 Å². The summed E-state index contributed by atoms with van der Waals surface area (Å²) in [5.74, 6) is 1.67. The van der Waals surface area contributed by atoms with Crippen molar-refractivity contribution in [3.05, 3.63) is 59.2 Å². The largest absolute Gasteiger partial charge is 0.497 e. The predicted octanol–water partition coefficient (Wildman–Crippen LogP) is 2.80. The molecular weight excluding hydrogens is 290 g/mol. The Hall–Kier alpha value is -2.04. The fourth-order valence-corrected chi connectivity index (χ4v) is 3.33. The van der Waals surface area contributed by atoms with Gasteiger partial charge in [0.1, 0.15) is 11.5 Å². The van der Waals surface area contributed by atoms with Crippen LogP contribution in [0.4, 0.5) is 0 Å². The molecule has 1 aliphatic heterocycles. The van der Waals surface area contributed by atoms with Crippen LogP contribution in [-0.4, -0.2) is 37.4 Å². The number of benzene rings is 2. The van der Waals surface area contributed by atoms with Crippen LogP contribution in [0, 0.1) is 0 Å². The van der Waals surface area contributed by atoms with Crippen LogP contribution >= 0.6 is 0 Å². The van der Waals surface area contributed by atoms with E-state index in [4.69, 9.17) is 9.47 Å². The Morgan fingerprint density at radius 2 is 1.96 bits per heavy atom. The van der Waals surface area contributed by atoms with E-state index in [1.165, 1.54) is 11.1 Å². The summed E-state index contributed by atoms with van der Waals surface area (Å²) in [6.45, 7) is 1.76. The van der Waals surface area contributed by atoms with E-state index < -0.39 is 0 Å². The van der Waals surface area contributed by atoms with E-state index in [1.54, 1.807) is 14.2 Å². The molecule has 0 aliphatic carbocycles. The van der Waals surface area contributed by atoms with E-state index in [9.17, 15) is 5.11 Å². The molecule has 4 heteroatoms. The van der Waals surface area contributed by atoms with Gasteiger partial charge in [-0.3, -0.25) is 4.90 Å². The van der Waals surface area contributed by atoms with Crippen molar-refractivity contribution in [2.75, 3.05) is 27.4 Å². The lowest BCUT2D eigenvalue weighted by Gasteiger charge is -2.36. The zero-order valence-electron chi connectivity index (χ0n) is 13.7. The van der Waals surface area contributed by atoms with Crippen molar-refractivity contribution in [3.8, 4) is 11.5 Å². The molecule has 3 rings (SSSR count). The van der Waals surface area contributed by atoms with Crippen molar-refractivity contribution in [2.45, 2.75) is 19.0 Å². The number of hydrogen-bond donors (Lipinski definition) is 1. The Morgan fingerprint density at radius 3 is 2.70 bits per heavy atom. The van der Waals surface area contributed by atoms with E-state index in [0.717, 1.165) is 36.6 Å². The average molecular weight is 313 g/mol. The summed E-state index contributed by atoms with van der Waals surface area (Å²) in [6, 6.07) is 14.2. The first-order valence-electron chi connectivity index (χ1n) is 7.90. The van der Waals surface area contributed by atoms with Crippen molar-refractivity contribution in [1.82, 2.24) is 4.90 Å². The van der Waals surface area contributed by atoms with Crippen molar-refractivity contribution >= 4 is 0 Å². The standard InChI is InChI=1S/C19H23NO3/c1-22-16-7-8-19(23-2)15(11-16)12-20-10-9-14-5-3-4-6-17(14)18(20)13-21/h3-8,11,18,21H,9-10,12-13H2,1-2H3. The quantitative estimate of drug-likeness (QED) is 0.922. The monoisotopic (exact) mass is 313 g/mol. The van der Waals surface area contributed by atoms with Gasteiger partial charge in [-0.25, -0.2) is 0 Å². The number of nitrogens with zero attached hydrogens (tertiary/aromatic N) is 1. The Balaban J connectivity index is 1.88. The fraction of sp³-hybridized carbons (Fsp3) is 0.368. The fourth-order valence-electron chi connectivity index (χ4n) is 3.33. The first-order chi connectivity index (χ1) is 11.3. The minimum absolute atomic E-state index is 0.0239. The second-order valence-corrected chi connectivity index (χ2v) is 5.80. The zero-order chi connectivity index (χ0) is 16.2. The molecule has 0 radical (unpaired) electrons. The lowest BCUT2D eigenvalue weighted by atomic mass is 9.92. The van der Waals surface area contributed by atoms with E-state index in [2.05, 4.69) is 23.1 Å². The first-order valence-corrected chi connectivity index (χ1v) is 7.90. The smallest absolute Gasteiger partial charge is 0.123 e. The Kier molecular flexibility index (Phi) is 4.84. The number of rotatable bonds is 5. The number of aliphatic hydroxyl groups excluding tert-OH is 1. The molecule has 0 bridgehead atoms. The predicted molar refractivity (Wildman–Crippen MR) is 89.9 cm³/mol. The first kappa shape index (κ1) is 15.8. The molecule has 1 heterocycles. The van der Waals surface area contributed by atoms with Gasteiger partial charge in [0, 0.05) is 18.7 Å². The molecule has 0 fully saturated rings. The second-order valence-electron chi connectivity index (χ2n) is 5.80. The molecule has 0 spiro atoms. The summed E-state index contributed by atoms with van der Waals surface area (Å²) < 4.78 is 10.8. The molecule has 0 amide bonds. The molecule has 1 atom stereocenters. The molecule has 23 heavy (non-hydrogen) atoms. The molecule has 4 nitrogen and oxygen atoms in total. The van der Waals surface area contributed by atoms with Gasteiger partial charge in [0.2, 0.25) is 0 Å². The van der Waals surface area contributed by atoms with Crippen molar-refractivity contribution in [1.29, 1.82) is 0 Å². The zero-order valence-corrected chi connectivity index (χ0v) is 13.7. The SMILES string of the molecule is COc1ccc(OC)c(CN2CCc3ccccc3C2CO)c1. The highest BCUT2D eigenvalue weighted by atomic mass is 16.5. The van der Waals surface area contributed by atoms with Gasteiger partial charge in [-0.2, -0.15) is 0 Å². The van der Waals surface area contributed by atoms with Crippen molar-refractivity contribution < 1.29 is 14.6 Å². The molecule has 2 aromatic rings. The average Bonchev–Trinajstić information content (AvgIpc) is 2.61. The molecule has 1 N–H and O–H groups in total. The minimum atomic E-state index is 0.0239. The van der Waals surface area contributed by atoms with Gasteiger partial charge in [-0.1, -0.05) is 24.3 Å². The van der Waals surface area contributed by atoms with Crippen molar-refractivity contribution in [3.63, 3.8) is 0 Å². The van der Waals surface area contributed by atoms with Gasteiger partial charge >= 0.3 is 0 Å². The van der Waals surface area contributed by atoms with E-state index in [-0.39, 0.29) is 12.6 Å². The highest BCUT2D eigenvalue weighted by Gasteiger charge is 2.27. The number of fused-ring (bicyclic) bond motifs is 1. The maximum absolute atomic E-state index is 9.92. The Morgan fingerprint density at radius 1 is 1.13 bits per heavy atom. The topological polar surface area (TPSA) is 41.9 Å². The summed E-state index contributed by atoms with van der Waals surface area (Å²) in [5, 5.41) is 9.92. The lowest BCUT2D eigenvalue weighted by Crippen LogP contribution is -2.36. The molecule has 1 aliphatic rings. The summed E-state index contributed by atoms with van der Waals surface area (Å²) in [5.41, 5.74) is 3.63. The van der Waals surface area contributed by atoms with E-state index >= 15 is 0 Å². The van der Waals surface area contributed by atoms with Crippen molar-refractivity contribution in [2.24, 2.45) is 0 Å². The highest BCUT2D eigenvalue weighted by molar-refractivity contribution is 5.41. The molecule has 122 valence electrons. The van der Waals surface area contributed by atoms with Crippen LogP contribution in [0.2, 0.25) is 0 Å². The lowest BCUT2D eigenvalue weighted by molar-refractivity contribution is 0.107. The van der Waals surface area contributed by atoms with Crippen LogP contribution < -0.4 is 9.47 Å². The van der Waals surface area contributed by atoms with Crippen LogP contribution in [0.25, 0.3) is 0 Å². The summed E-state index contributed by atoms with van der Waals surface area (Å²) >= 11 is 0. The van der Waals surface area contributed by atoms with Gasteiger partial charge in [-0.15, -0.1) is 0 Å². The van der Waals surface area contributed by atoms with Gasteiger partial charge in [0.15, 0.2) is 0 Å². The van der Waals surface area contributed by atoms with Crippen LogP contribution in [0.1, 0.15) is 22.7 Å². The van der Waals surface area contributed by atoms with Gasteiger partial charge < -0.3 is 14.6 Å². The number of methoxy groups -OCH3 is 2. The van der Waals surface area contributed by atoms with E-state index in [0.29, 0.717) is 0 Å². The maximum atomic E-state index is 9.92. The third kappa shape index (κ3) is 3.19. The normalized spacial score (nSPS) is 17.6. The minimum Gasteiger partial charge on any atom is -0.497 e. The molecule has 0 saturated carbocycles. The molecule has 2 aromatic carbocycles. The summed E-state index contributed by atoms with van der Waals surface area (Å²) in [6.07, 6.45) is 0.999. The van der Waals surface area contributed by atoms with Gasteiger partial charge in [-0.05, 0) is 35.7 Å². The van der Waals surface area contributed by atoms with Crippen LogP contribution in [0.3, 0.4) is 0 Å². The van der Waals surface area contributed by atoms with Gasteiger partial charge in [0.05, 0.1) is 26.9 Å². The highest BCUT2D eigenvalue weighted by Crippen LogP contribution is 2.33. The Bertz CT molecular complexity index is 671. The van der Waals surface area contributed by atoms with E-state index in [1.807, 2.05) is 24.3 Å².